The predicted octanol–water partition coefficient (Wildman–Crippen LogP) is 3.73. The summed E-state index contributed by atoms with van der Waals surface area (Å²) < 4.78 is 23.4. The number of methoxy groups -OCH3 is 1. The minimum atomic E-state index is -0.143. The van der Waals surface area contributed by atoms with Crippen molar-refractivity contribution in [3.8, 4) is 16.9 Å². The average molecular weight is 382 g/mol. The summed E-state index contributed by atoms with van der Waals surface area (Å²) in [5.41, 5.74) is 5.10. The van der Waals surface area contributed by atoms with Crippen molar-refractivity contribution in [1.29, 1.82) is 0 Å². The molecule has 2 aliphatic rings. The van der Waals surface area contributed by atoms with E-state index in [1.807, 2.05) is 36.4 Å². The molecule has 0 N–H and O–H groups in total. The molecule has 148 valence electrons. The molecule has 5 nitrogen and oxygen atoms in total. The van der Waals surface area contributed by atoms with Gasteiger partial charge in [0.2, 0.25) is 0 Å². The third-order valence-electron chi connectivity index (χ3n) is 5.62. The van der Waals surface area contributed by atoms with Crippen LogP contribution in [0.3, 0.4) is 0 Å². The quantitative estimate of drug-likeness (QED) is 0.738. The van der Waals surface area contributed by atoms with Gasteiger partial charge >= 0.3 is 0 Å². The number of carbonyl (C=O) groups is 1. The highest BCUT2D eigenvalue weighted by Crippen LogP contribution is 2.35. The molecule has 4 atom stereocenters. The molecule has 0 aliphatic carbocycles. The van der Waals surface area contributed by atoms with Crippen LogP contribution in [0.15, 0.2) is 36.4 Å². The molecule has 0 bridgehead atoms. The number of benzene rings is 2. The van der Waals surface area contributed by atoms with Gasteiger partial charge in [-0.05, 0) is 61.2 Å². The van der Waals surface area contributed by atoms with Gasteiger partial charge in [0.05, 0.1) is 13.2 Å². The summed E-state index contributed by atoms with van der Waals surface area (Å²) in [5, 5.41) is 0. The van der Waals surface area contributed by atoms with Gasteiger partial charge in [0.1, 0.15) is 24.1 Å². The largest absolute Gasteiger partial charge is 0.485 e. The molecule has 2 saturated heterocycles. The van der Waals surface area contributed by atoms with Crippen LogP contribution in [0.5, 0.6) is 5.75 Å². The van der Waals surface area contributed by atoms with Crippen LogP contribution in [0.1, 0.15) is 28.4 Å². The molecule has 28 heavy (non-hydrogen) atoms. The van der Waals surface area contributed by atoms with E-state index < -0.39 is 0 Å². The SMILES string of the molecule is CO[C@@H]1COC2C1OC[C@@H]2Oc1cc(C)c(-c2cccc(C(C)=O)c2)c(C)c1. The molecule has 0 aromatic heterocycles. The standard InChI is InChI=1S/C23H26O5/c1-13-8-18(28-20-12-27-22-19(25-4)11-26-23(20)22)9-14(2)21(13)17-7-5-6-16(10-17)15(3)24/h5-10,19-20,22-23H,11-12H2,1-4H3/t19-,20+,22?,23?/m1/s1. The van der Waals surface area contributed by atoms with Gasteiger partial charge in [0.25, 0.3) is 0 Å². The van der Waals surface area contributed by atoms with Crippen LogP contribution in [0, 0.1) is 13.8 Å². The highest BCUT2D eigenvalue weighted by Gasteiger charge is 2.49. The Morgan fingerprint density at radius 3 is 2.29 bits per heavy atom. The van der Waals surface area contributed by atoms with Crippen molar-refractivity contribution in [2.24, 2.45) is 0 Å². The van der Waals surface area contributed by atoms with Gasteiger partial charge in [-0.1, -0.05) is 18.2 Å². The summed E-state index contributed by atoms with van der Waals surface area (Å²) in [7, 11) is 1.68. The second-order valence-electron chi connectivity index (χ2n) is 7.60. The van der Waals surface area contributed by atoms with E-state index in [0.29, 0.717) is 13.2 Å². The summed E-state index contributed by atoms with van der Waals surface area (Å²) in [4.78, 5) is 11.7. The van der Waals surface area contributed by atoms with Gasteiger partial charge in [0.15, 0.2) is 11.9 Å². The van der Waals surface area contributed by atoms with Gasteiger partial charge in [-0.3, -0.25) is 4.79 Å². The van der Waals surface area contributed by atoms with E-state index in [9.17, 15) is 4.79 Å². The van der Waals surface area contributed by atoms with Crippen molar-refractivity contribution in [3.63, 3.8) is 0 Å². The zero-order valence-electron chi connectivity index (χ0n) is 16.7. The summed E-state index contributed by atoms with van der Waals surface area (Å²) in [6.45, 7) is 6.75. The lowest BCUT2D eigenvalue weighted by molar-refractivity contribution is -0.0138. The Labute approximate surface area is 165 Å². The molecule has 2 fully saturated rings. The minimum Gasteiger partial charge on any atom is -0.485 e. The maximum atomic E-state index is 11.7. The molecule has 2 heterocycles. The smallest absolute Gasteiger partial charge is 0.159 e. The normalized spacial score (nSPS) is 26.3. The minimum absolute atomic E-state index is 0.0296. The number of ether oxygens (including phenoxy) is 4. The van der Waals surface area contributed by atoms with E-state index in [1.54, 1.807) is 14.0 Å². The van der Waals surface area contributed by atoms with E-state index in [-0.39, 0.29) is 30.2 Å². The van der Waals surface area contributed by atoms with Crippen LogP contribution in [0.2, 0.25) is 0 Å². The average Bonchev–Trinajstić information content (AvgIpc) is 3.24. The van der Waals surface area contributed by atoms with Crippen molar-refractivity contribution in [2.75, 3.05) is 20.3 Å². The Hall–Kier alpha value is -2.21. The van der Waals surface area contributed by atoms with E-state index in [1.165, 1.54) is 0 Å². The molecule has 0 radical (unpaired) electrons. The number of aryl methyl sites for hydroxylation is 2. The first-order valence-corrected chi connectivity index (χ1v) is 9.63. The Bertz CT molecular complexity index is 867. The fourth-order valence-electron chi connectivity index (χ4n) is 4.25. The molecule has 2 aromatic carbocycles. The van der Waals surface area contributed by atoms with Gasteiger partial charge in [-0.15, -0.1) is 0 Å². The van der Waals surface area contributed by atoms with Crippen LogP contribution >= 0.6 is 0 Å². The van der Waals surface area contributed by atoms with Gasteiger partial charge in [-0.2, -0.15) is 0 Å². The number of Topliss-reactive ketones (excluding diaryl/α,β-unsaturated/α-hetero) is 1. The molecule has 4 rings (SSSR count). The number of fused-ring (bicyclic) bond motifs is 1. The second-order valence-corrected chi connectivity index (χ2v) is 7.60. The van der Waals surface area contributed by atoms with Gasteiger partial charge in [-0.25, -0.2) is 0 Å². The highest BCUT2D eigenvalue weighted by atomic mass is 16.6. The zero-order chi connectivity index (χ0) is 19.8. The number of ketones is 1. The van der Waals surface area contributed by atoms with Crippen molar-refractivity contribution >= 4 is 5.78 Å². The van der Waals surface area contributed by atoms with Crippen LogP contribution in [0.25, 0.3) is 11.1 Å². The van der Waals surface area contributed by atoms with Gasteiger partial charge < -0.3 is 18.9 Å². The maximum Gasteiger partial charge on any atom is 0.159 e. The molecule has 0 amide bonds. The number of carbonyl (C=O) groups excluding carboxylic acids is 1. The van der Waals surface area contributed by atoms with E-state index >= 15 is 0 Å². The monoisotopic (exact) mass is 382 g/mol. The summed E-state index contributed by atoms with van der Waals surface area (Å²) in [6.07, 6.45) is -0.336. The lowest BCUT2D eigenvalue weighted by Crippen LogP contribution is -2.35. The van der Waals surface area contributed by atoms with Crippen LogP contribution in [0.4, 0.5) is 0 Å². The third kappa shape index (κ3) is 3.46. The number of hydrogen-bond donors (Lipinski definition) is 0. The fraction of sp³-hybridized carbons (Fsp3) is 0.435. The number of rotatable bonds is 5. The topological polar surface area (TPSA) is 54.0 Å². The van der Waals surface area contributed by atoms with E-state index in [0.717, 1.165) is 33.6 Å². The molecule has 2 aromatic rings. The summed E-state index contributed by atoms with van der Waals surface area (Å²) >= 11 is 0. The molecule has 2 aliphatic heterocycles. The van der Waals surface area contributed by atoms with Crippen molar-refractivity contribution in [3.05, 3.63) is 53.1 Å². The van der Waals surface area contributed by atoms with Crippen molar-refractivity contribution in [1.82, 2.24) is 0 Å². The fourth-order valence-corrected chi connectivity index (χ4v) is 4.25. The Morgan fingerprint density at radius 2 is 1.64 bits per heavy atom. The third-order valence-corrected chi connectivity index (χ3v) is 5.62. The molecule has 2 unspecified atom stereocenters. The molecule has 5 heteroatoms. The first-order valence-electron chi connectivity index (χ1n) is 9.63. The Morgan fingerprint density at radius 1 is 1.00 bits per heavy atom. The first-order chi connectivity index (χ1) is 13.5. The lowest BCUT2D eigenvalue weighted by Gasteiger charge is -2.20. The molecular formula is C23H26O5. The van der Waals surface area contributed by atoms with Gasteiger partial charge in [0, 0.05) is 12.7 Å². The predicted molar refractivity (Wildman–Crippen MR) is 106 cm³/mol. The lowest BCUT2D eigenvalue weighted by atomic mass is 9.93. The summed E-state index contributed by atoms with van der Waals surface area (Å²) in [6, 6.07) is 11.8. The zero-order valence-corrected chi connectivity index (χ0v) is 16.7. The molecule has 0 spiro atoms. The first kappa shape index (κ1) is 19.1. The van der Waals surface area contributed by atoms with E-state index in [4.69, 9.17) is 18.9 Å². The summed E-state index contributed by atoms with van der Waals surface area (Å²) in [5.74, 6) is 0.874. The number of hydrogen-bond acceptors (Lipinski definition) is 5. The highest BCUT2D eigenvalue weighted by molar-refractivity contribution is 5.95. The van der Waals surface area contributed by atoms with Crippen LogP contribution in [-0.2, 0) is 14.2 Å². The van der Waals surface area contributed by atoms with Crippen molar-refractivity contribution in [2.45, 2.75) is 45.2 Å². The Kier molecular flexibility index (Phi) is 5.23. The van der Waals surface area contributed by atoms with Crippen molar-refractivity contribution < 1.29 is 23.7 Å². The molecule has 0 saturated carbocycles. The van der Waals surface area contributed by atoms with Crippen LogP contribution in [-0.4, -0.2) is 50.5 Å². The van der Waals surface area contributed by atoms with E-state index in [2.05, 4.69) is 13.8 Å². The Balaban J connectivity index is 1.57. The maximum absolute atomic E-state index is 11.7. The van der Waals surface area contributed by atoms with Crippen LogP contribution < -0.4 is 4.74 Å². The second kappa shape index (κ2) is 7.66. The molecular weight excluding hydrogens is 356 g/mol.